The molecule has 1 unspecified atom stereocenters. The first kappa shape index (κ1) is 17.2. The lowest BCUT2D eigenvalue weighted by molar-refractivity contribution is -0.00254. The van der Waals surface area contributed by atoms with E-state index < -0.39 is 10.0 Å². The maximum Gasteiger partial charge on any atom is 0.214 e. The second-order valence-electron chi connectivity index (χ2n) is 5.87. The van der Waals surface area contributed by atoms with Gasteiger partial charge in [-0.05, 0) is 24.1 Å². The third-order valence-electron chi connectivity index (χ3n) is 3.96. The number of nitrogens with zero attached hydrogens (tertiary/aromatic N) is 2. The Kier molecular flexibility index (Phi) is 5.83. The van der Waals surface area contributed by atoms with Gasteiger partial charge in [0.1, 0.15) is 0 Å². The van der Waals surface area contributed by atoms with Crippen LogP contribution >= 0.6 is 0 Å². The van der Waals surface area contributed by atoms with Crippen molar-refractivity contribution in [2.45, 2.75) is 25.9 Å². The third kappa shape index (κ3) is 4.21. The Labute approximate surface area is 133 Å². The van der Waals surface area contributed by atoms with E-state index in [0.717, 1.165) is 17.7 Å². The molecule has 1 saturated heterocycles. The lowest BCUT2D eigenvalue weighted by Crippen LogP contribution is -2.43. The lowest BCUT2D eigenvalue weighted by Gasteiger charge is -2.32. The van der Waals surface area contributed by atoms with Crippen LogP contribution in [-0.4, -0.2) is 52.3 Å². The Morgan fingerprint density at radius 3 is 2.55 bits per heavy atom. The highest BCUT2D eigenvalue weighted by Crippen LogP contribution is 2.25. The lowest BCUT2D eigenvalue weighted by atomic mass is 10.1. The molecule has 0 saturated carbocycles. The summed E-state index contributed by atoms with van der Waals surface area (Å²) >= 11 is 0. The molecule has 0 bridgehead atoms. The number of unbranched alkanes of at least 4 members (excludes halogenated alkanes) is 1. The minimum absolute atomic E-state index is 0.179. The van der Waals surface area contributed by atoms with Crippen LogP contribution in [0.2, 0.25) is 0 Å². The number of sulfonamides is 1. The van der Waals surface area contributed by atoms with Gasteiger partial charge < -0.3 is 9.64 Å². The number of benzene rings is 1. The van der Waals surface area contributed by atoms with E-state index in [9.17, 15) is 8.42 Å². The normalized spacial score (nSPS) is 20.0. The molecular weight excluding hydrogens is 300 g/mol. The summed E-state index contributed by atoms with van der Waals surface area (Å²) in [5.41, 5.74) is 2.15. The van der Waals surface area contributed by atoms with E-state index >= 15 is 0 Å². The van der Waals surface area contributed by atoms with Gasteiger partial charge in [0, 0.05) is 32.9 Å². The van der Waals surface area contributed by atoms with E-state index in [1.807, 2.05) is 50.2 Å². The van der Waals surface area contributed by atoms with E-state index in [1.165, 1.54) is 0 Å². The highest BCUT2D eigenvalue weighted by molar-refractivity contribution is 7.89. The Hall–Kier alpha value is -1.11. The second-order valence-corrected chi connectivity index (χ2v) is 7.96. The van der Waals surface area contributed by atoms with Crippen molar-refractivity contribution in [1.82, 2.24) is 4.31 Å². The molecule has 0 aliphatic carbocycles. The van der Waals surface area contributed by atoms with Crippen molar-refractivity contribution in [2.24, 2.45) is 0 Å². The quantitative estimate of drug-likeness (QED) is 0.804. The summed E-state index contributed by atoms with van der Waals surface area (Å²) in [7, 11) is 0.826. The van der Waals surface area contributed by atoms with Gasteiger partial charge in [-0.15, -0.1) is 0 Å². The number of hydrogen-bond acceptors (Lipinski definition) is 4. The summed E-state index contributed by atoms with van der Waals surface area (Å²) in [6.07, 6.45) is 1.42. The molecule has 0 amide bonds. The zero-order chi connectivity index (χ0) is 16.2. The summed E-state index contributed by atoms with van der Waals surface area (Å²) in [6.45, 7) is 3.32. The molecule has 1 heterocycles. The van der Waals surface area contributed by atoms with Crippen molar-refractivity contribution in [3.63, 3.8) is 0 Å². The van der Waals surface area contributed by atoms with Gasteiger partial charge in [-0.25, -0.2) is 8.42 Å². The Balaban J connectivity index is 2.07. The number of ether oxygens (including phenoxy) is 1. The predicted molar refractivity (Wildman–Crippen MR) is 89.7 cm³/mol. The number of rotatable bonds is 6. The van der Waals surface area contributed by atoms with Gasteiger partial charge in [-0.2, -0.15) is 4.31 Å². The van der Waals surface area contributed by atoms with Crippen LogP contribution < -0.4 is 4.90 Å². The van der Waals surface area contributed by atoms with Crippen molar-refractivity contribution >= 4 is 15.7 Å². The van der Waals surface area contributed by atoms with Crippen LogP contribution in [0.3, 0.4) is 0 Å². The molecule has 1 aromatic carbocycles. The topological polar surface area (TPSA) is 49.9 Å². The monoisotopic (exact) mass is 326 g/mol. The first-order valence-corrected chi connectivity index (χ1v) is 9.41. The van der Waals surface area contributed by atoms with Crippen molar-refractivity contribution in [3.8, 4) is 0 Å². The summed E-state index contributed by atoms with van der Waals surface area (Å²) in [6, 6.07) is 8.09. The molecular formula is C16H26N2O3S. The van der Waals surface area contributed by atoms with Crippen LogP contribution in [0.15, 0.2) is 24.3 Å². The van der Waals surface area contributed by atoms with E-state index in [-0.39, 0.29) is 11.9 Å². The predicted octanol–water partition coefficient (Wildman–Crippen LogP) is 2.26. The molecule has 1 aliphatic rings. The van der Waals surface area contributed by atoms with E-state index in [1.54, 1.807) is 4.31 Å². The molecule has 0 aromatic heterocycles. The van der Waals surface area contributed by atoms with Crippen LogP contribution in [0.5, 0.6) is 0 Å². The molecule has 0 spiro atoms. The van der Waals surface area contributed by atoms with Gasteiger partial charge in [0.05, 0.1) is 18.5 Å². The van der Waals surface area contributed by atoms with Crippen LogP contribution in [0.4, 0.5) is 5.69 Å². The van der Waals surface area contributed by atoms with Crippen molar-refractivity contribution in [1.29, 1.82) is 0 Å². The third-order valence-corrected chi connectivity index (χ3v) is 5.88. The molecule has 1 aliphatic heterocycles. The van der Waals surface area contributed by atoms with Gasteiger partial charge in [0.25, 0.3) is 0 Å². The maximum atomic E-state index is 12.3. The van der Waals surface area contributed by atoms with Gasteiger partial charge in [0.2, 0.25) is 10.0 Å². The molecule has 5 nitrogen and oxygen atoms in total. The molecule has 1 aromatic rings. The fourth-order valence-electron chi connectivity index (χ4n) is 2.52. The molecule has 6 heteroatoms. The van der Waals surface area contributed by atoms with Crippen LogP contribution in [0.25, 0.3) is 0 Å². The molecule has 0 N–H and O–H groups in total. The number of anilines is 1. The molecule has 2 rings (SSSR count). The Bertz CT molecular complexity index is 570. The van der Waals surface area contributed by atoms with Gasteiger partial charge >= 0.3 is 0 Å². The molecule has 22 heavy (non-hydrogen) atoms. The van der Waals surface area contributed by atoms with Crippen molar-refractivity contribution < 1.29 is 13.2 Å². The van der Waals surface area contributed by atoms with Gasteiger partial charge in [0.15, 0.2) is 0 Å². The number of morpholine rings is 1. The minimum Gasteiger partial charge on any atom is -0.378 e. The highest BCUT2D eigenvalue weighted by Gasteiger charge is 2.29. The molecule has 0 radical (unpaired) electrons. The molecule has 1 fully saturated rings. The summed E-state index contributed by atoms with van der Waals surface area (Å²) in [5.74, 6) is 0.232. The standard InChI is InChI=1S/C16H26N2O3S/c1-4-5-12-22(19,20)18-10-11-21-16(13-18)14-6-8-15(9-7-14)17(2)3/h6-9,16H,4-5,10-13H2,1-3H3. The van der Waals surface area contributed by atoms with Crippen LogP contribution in [0, 0.1) is 0 Å². The fourth-order valence-corrected chi connectivity index (χ4v) is 4.15. The van der Waals surface area contributed by atoms with Crippen molar-refractivity contribution in [2.75, 3.05) is 44.4 Å². The van der Waals surface area contributed by atoms with Crippen molar-refractivity contribution in [3.05, 3.63) is 29.8 Å². The summed E-state index contributed by atoms with van der Waals surface area (Å²) in [4.78, 5) is 2.03. The first-order chi connectivity index (χ1) is 10.4. The Morgan fingerprint density at radius 2 is 1.95 bits per heavy atom. The Morgan fingerprint density at radius 1 is 1.27 bits per heavy atom. The second kappa shape index (κ2) is 7.44. The van der Waals surface area contributed by atoms with Crippen LogP contribution in [0.1, 0.15) is 31.4 Å². The largest absolute Gasteiger partial charge is 0.378 e. The minimum atomic E-state index is -3.16. The summed E-state index contributed by atoms with van der Waals surface area (Å²) < 4.78 is 32.0. The maximum absolute atomic E-state index is 12.3. The zero-order valence-electron chi connectivity index (χ0n) is 13.7. The first-order valence-electron chi connectivity index (χ1n) is 7.80. The molecule has 1 atom stereocenters. The molecule has 124 valence electrons. The van der Waals surface area contributed by atoms with E-state index in [2.05, 4.69) is 0 Å². The van der Waals surface area contributed by atoms with E-state index in [4.69, 9.17) is 4.74 Å². The average molecular weight is 326 g/mol. The zero-order valence-corrected chi connectivity index (χ0v) is 14.5. The average Bonchev–Trinajstić information content (AvgIpc) is 2.53. The van der Waals surface area contributed by atoms with Gasteiger partial charge in [-0.3, -0.25) is 0 Å². The smallest absolute Gasteiger partial charge is 0.214 e. The van der Waals surface area contributed by atoms with E-state index in [0.29, 0.717) is 26.1 Å². The van der Waals surface area contributed by atoms with Gasteiger partial charge in [-0.1, -0.05) is 25.5 Å². The van der Waals surface area contributed by atoms with Crippen LogP contribution in [-0.2, 0) is 14.8 Å². The SMILES string of the molecule is CCCCS(=O)(=O)N1CCOC(c2ccc(N(C)C)cc2)C1. The summed E-state index contributed by atoms with van der Waals surface area (Å²) in [5, 5.41) is 0. The highest BCUT2D eigenvalue weighted by atomic mass is 32.2. The number of hydrogen-bond donors (Lipinski definition) is 0. The fraction of sp³-hybridized carbons (Fsp3) is 0.625.